The summed E-state index contributed by atoms with van der Waals surface area (Å²) in [5.41, 5.74) is 0. The highest BCUT2D eigenvalue weighted by Crippen LogP contribution is 2.41. The third kappa shape index (κ3) is 2.89. The van der Waals surface area contributed by atoms with Crippen molar-refractivity contribution in [3.63, 3.8) is 0 Å². The summed E-state index contributed by atoms with van der Waals surface area (Å²) in [6.07, 6.45) is 3.90. The molecule has 2 aliphatic rings. The number of thioether (sulfide) groups is 1. The van der Waals surface area contributed by atoms with Crippen LogP contribution in [0.3, 0.4) is 0 Å². The number of nitrogens with one attached hydrogen (secondary N) is 1. The van der Waals surface area contributed by atoms with Crippen molar-refractivity contribution < 1.29 is 4.74 Å². The van der Waals surface area contributed by atoms with Crippen LogP contribution in [0.5, 0.6) is 0 Å². The molecule has 0 spiro atoms. The Balaban J connectivity index is 1.58. The number of hydrogen-bond donors (Lipinski definition) is 1. The van der Waals surface area contributed by atoms with Crippen molar-refractivity contribution in [1.29, 1.82) is 0 Å². The van der Waals surface area contributed by atoms with Crippen LogP contribution in [0.25, 0.3) is 0 Å². The molecule has 0 saturated heterocycles. The van der Waals surface area contributed by atoms with Gasteiger partial charge in [0.15, 0.2) is 5.17 Å². The highest BCUT2D eigenvalue weighted by Gasteiger charge is 2.35. The summed E-state index contributed by atoms with van der Waals surface area (Å²) in [7, 11) is 1.74. The van der Waals surface area contributed by atoms with Gasteiger partial charge in [0, 0.05) is 25.5 Å². The fourth-order valence-corrected chi connectivity index (χ4v) is 2.85. The van der Waals surface area contributed by atoms with Crippen molar-refractivity contribution in [1.82, 2.24) is 5.32 Å². The van der Waals surface area contributed by atoms with Gasteiger partial charge in [0.1, 0.15) is 0 Å². The number of rotatable bonds is 5. The predicted octanol–water partition coefficient (Wildman–Crippen LogP) is 1.49. The van der Waals surface area contributed by atoms with Gasteiger partial charge in [-0.2, -0.15) is 0 Å². The van der Waals surface area contributed by atoms with Crippen molar-refractivity contribution in [2.75, 3.05) is 26.8 Å². The number of ether oxygens (including phenoxy) is 1. The fourth-order valence-electron chi connectivity index (χ4n) is 1.61. The van der Waals surface area contributed by atoms with Gasteiger partial charge in [0.05, 0.1) is 6.54 Å². The Hall–Kier alpha value is -0.220. The second-order valence-electron chi connectivity index (χ2n) is 3.91. The summed E-state index contributed by atoms with van der Waals surface area (Å²) in [4.78, 5) is 4.50. The molecule has 1 N–H and O–H groups in total. The lowest BCUT2D eigenvalue weighted by atomic mass is 10.3. The van der Waals surface area contributed by atoms with Gasteiger partial charge in [-0.1, -0.05) is 11.8 Å². The van der Waals surface area contributed by atoms with Crippen LogP contribution in [-0.4, -0.2) is 37.2 Å². The van der Waals surface area contributed by atoms with E-state index in [1.54, 1.807) is 7.11 Å². The van der Waals surface area contributed by atoms with Crippen LogP contribution in [0.4, 0.5) is 0 Å². The quantitative estimate of drug-likeness (QED) is 0.704. The first-order valence-corrected chi connectivity index (χ1v) is 6.22. The van der Waals surface area contributed by atoms with E-state index in [1.807, 2.05) is 11.8 Å². The number of methoxy groups -OCH3 is 1. The van der Waals surface area contributed by atoms with Crippen LogP contribution >= 0.6 is 11.8 Å². The average Bonchev–Trinajstić information content (AvgIpc) is 2.94. The second kappa shape index (κ2) is 5.03. The van der Waals surface area contributed by atoms with Gasteiger partial charge in [-0.15, -0.1) is 0 Å². The summed E-state index contributed by atoms with van der Waals surface area (Å²) >= 11 is 1.94. The number of nitrogens with zero attached hydrogens (tertiary/aromatic N) is 1. The van der Waals surface area contributed by atoms with E-state index in [-0.39, 0.29) is 0 Å². The van der Waals surface area contributed by atoms with E-state index in [0.29, 0.717) is 0 Å². The Morgan fingerprint density at radius 2 is 2.43 bits per heavy atom. The first-order valence-electron chi connectivity index (χ1n) is 5.34. The molecule has 1 heterocycles. The standard InChI is InChI=1S/C10H18N2OS/c1-13-6-2-5-11-10-12-7-9(14-10)8-3-4-8/h8-9H,2-7H2,1H3,(H,11,12). The molecule has 3 nitrogen and oxygen atoms in total. The zero-order valence-electron chi connectivity index (χ0n) is 8.66. The smallest absolute Gasteiger partial charge is 0.156 e. The minimum absolute atomic E-state index is 0.778. The first-order chi connectivity index (χ1) is 6.90. The van der Waals surface area contributed by atoms with Crippen molar-refractivity contribution in [3.05, 3.63) is 0 Å². The topological polar surface area (TPSA) is 33.6 Å². The Morgan fingerprint density at radius 1 is 1.57 bits per heavy atom. The number of amidine groups is 1. The Bertz CT molecular complexity index is 216. The van der Waals surface area contributed by atoms with Gasteiger partial charge in [0.2, 0.25) is 0 Å². The zero-order valence-corrected chi connectivity index (χ0v) is 9.48. The lowest BCUT2D eigenvalue weighted by Gasteiger charge is -2.07. The highest BCUT2D eigenvalue weighted by molar-refractivity contribution is 8.14. The number of hydrogen-bond acceptors (Lipinski definition) is 4. The summed E-state index contributed by atoms with van der Waals surface area (Å²) in [5, 5.41) is 5.29. The van der Waals surface area contributed by atoms with Crippen LogP contribution in [-0.2, 0) is 4.74 Å². The molecule has 0 amide bonds. The van der Waals surface area contributed by atoms with Crippen molar-refractivity contribution in [3.8, 4) is 0 Å². The molecule has 1 saturated carbocycles. The summed E-state index contributed by atoms with van der Waals surface area (Å²) in [6.45, 7) is 2.84. The lowest BCUT2D eigenvalue weighted by Crippen LogP contribution is -2.21. The van der Waals surface area contributed by atoms with E-state index in [1.165, 1.54) is 12.8 Å². The summed E-state index contributed by atoms with van der Waals surface area (Å²) in [6, 6.07) is 0. The average molecular weight is 214 g/mol. The van der Waals surface area contributed by atoms with Gasteiger partial charge >= 0.3 is 0 Å². The maximum atomic E-state index is 4.99. The van der Waals surface area contributed by atoms with E-state index >= 15 is 0 Å². The summed E-state index contributed by atoms with van der Waals surface area (Å²) < 4.78 is 4.99. The minimum atomic E-state index is 0.778. The van der Waals surface area contributed by atoms with Gasteiger partial charge in [-0.3, -0.25) is 4.99 Å². The molecule has 0 bridgehead atoms. The number of aliphatic imine (C=N–C) groups is 1. The summed E-state index contributed by atoms with van der Waals surface area (Å²) in [5.74, 6) is 0.960. The van der Waals surface area contributed by atoms with Gasteiger partial charge in [-0.25, -0.2) is 0 Å². The predicted molar refractivity (Wildman–Crippen MR) is 60.9 cm³/mol. The van der Waals surface area contributed by atoms with Crippen LogP contribution in [0, 0.1) is 5.92 Å². The molecule has 0 aromatic heterocycles. The molecule has 80 valence electrons. The molecule has 2 rings (SSSR count). The van der Waals surface area contributed by atoms with E-state index < -0.39 is 0 Å². The molecule has 1 aliphatic heterocycles. The van der Waals surface area contributed by atoms with Gasteiger partial charge < -0.3 is 10.1 Å². The SMILES string of the molecule is COCCCNC1=NCC(C2CC2)S1. The monoisotopic (exact) mass is 214 g/mol. The van der Waals surface area contributed by atoms with Gasteiger partial charge in [-0.05, 0) is 25.2 Å². The molecule has 0 aromatic carbocycles. The Morgan fingerprint density at radius 3 is 3.14 bits per heavy atom. The molecule has 1 unspecified atom stereocenters. The molecule has 0 radical (unpaired) electrons. The molecule has 1 fully saturated rings. The van der Waals surface area contributed by atoms with E-state index in [2.05, 4.69) is 10.3 Å². The van der Waals surface area contributed by atoms with Crippen molar-refractivity contribution in [2.24, 2.45) is 10.9 Å². The molecular formula is C10H18N2OS. The van der Waals surface area contributed by atoms with E-state index in [4.69, 9.17) is 4.74 Å². The lowest BCUT2D eigenvalue weighted by molar-refractivity contribution is 0.196. The van der Waals surface area contributed by atoms with Crippen LogP contribution in [0.15, 0.2) is 4.99 Å². The highest BCUT2D eigenvalue weighted by atomic mass is 32.2. The largest absolute Gasteiger partial charge is 0.385 e. The Kier molecular flexibility index (Phi) is 3.70. The van der Waals surface area contributed by atoms with E-state index in [9.17, 15) is 0 Å². The second-order valence-corrected chi connectivity index (χ2v) is 5.14. The third-order valence-electron chi connectivity index (χ3n) is 2.63. The maximum Gasteiger partial charge on any atom is 0.156 e. The third-order valence-corrected chi connectivity index (χ3v) is 3.96. The minimum Gasteiger partial charge on any atom is -0.385 e. The molecule has 1 aliphatic carbocycles. The Labute approximate surface area is 89.7 Å². The normalized spacial score (nSPS) is 26.4. The van der Waals surface area contributed by atoms with Gasteiger partial charge in [0.25, 0.3) is 0 Å². The first kappa shape index (κ1) is 10.3. The maximum absolute atomic E-state index is 4.99. The van der Waals surface area contributed by atoms with Crippen molar-refractivity contribution >= 4 is 16.9 Å². The molecule has 0 aromatic rings. The molecule has 14 heavy (non-hydrogen) atoms. The van der Waals surface area contributed by atoms with Crippen LogP contribution in [0.2, 0.25) is 0 Å². The zero-order chi connectivity index (χ0) is 9.80. The van der Waals surface area contributed by atoms with Crippen LogP contribution in [0.1, 0.15) is 19.3 Å². The van der Waals surface area contributed by atoms with E-state index in [0.717, 1.165) is 42.5 Å². The van der Waals surface area contributed by atoms with Crippen molar-refractivity contribution in [2.45, 2.75) is 24.5 Å². The molecule has 1 atom stereocenters. The fraction of sp³-hybridized carbons (Fsp3) is 0.900. The van der Waals surface area contributed by atoms with Crippen LogP contribution < -0.4 is 5.32 Å². The molecule has 4 heteroatoms. The molecular weight excluding hydrogens is 196 g/mol.